The summed E-state index contributed by atoms with van der Waals surface area (Å²) < 4.78 is 32.2. The molecule has 0 aliphatic carbocycles. The summed E-state index contributed by atoms with van der Waals surface area (Å²) in [5, 5.41) is 20.8. The van der Waals surface area contributed by atoms with Gasteiger partial charge in [0.25, 0.3) is 15.7 Å². The molecule has 0 bridgehead atoms. The summed E-state index contributed by atoms with van der Waals surface area (Å²) in [6.07, 6.45) is 0. The number of non-ortho nitro benzene ring substituents is 1. The van der Waals surface area contributed by atoms with E-state index in [9.17, 15) is 33.2 Å². The van der Waals surface area contributed by atoms with Gasteiger partial charge in [-0.2, -0.15) is 0 Å². The number of nitro benzene ring substituents is 1. The van der Waals surface area contributed by atoms with Gasteiger partial charge in [-0.25, -0.2) is 13.2 Å². The zero-order valence-corrected chi connectivity index (χ0v) is 17.1. The van der Waals surface area contributed by atoms with Crippen LogP contribution in [0.4, 0.5) is 11.4 Å². The number of carbonyl (C=O) groups is 2. The highest BCUT2D eigenvalue weighted by atomic mass is 32.2. The predicted octanol–water partition coefficient (Wildman–Crippen LogP) is 3.14. The van der Waals surface area contributed by atoms with Crippen molar-refractivity contribution >= 4 is 33.2 Å². The van der Waals surface area contributed by atoms with Crippen LogP contribution in [0.2, 0.25) is 0 Å². The Hall–Kier alpha value is -4.25. The van der Waals surface area contributed by atoms with E-state index < -0.39 is 44.7 Å². The zero-order chi connectivity index (χ0) is 23.3. The molecule has 0 atom stereocenters. The Labute approximate surface area is 182 Å². The monoisotopic (exact) mass is 456 g/mol. The van der Waals surface area contributed by atoms with Gasteiger partial charge in [0.1, 0.15) is 11.3 Å². The summed E-state index contributed by atoms with van der Waals surface area (Å²) in [5.74, 6) is -1.98. The first-order valence-corrected chi connectivity index (χ1v) is 10.5. The number of carbonyl (C=O) groups excluding carboxylic acids is 2. The number of nitrogens with zero attached hydrogens (tertiary/aromatic N) is 1. The Kier molecular flexibility index (Phi) is 6.50. The molecule has 11 heteroatoms. The van der Waals surface area contributed by atoms with Gasteiger partial charge < -0.3 is 9.84 Å². The van der Waals surface area contributed by atoms with Crippen LogP contribution in [-0.2, 0) is 14.8 Å². The topological polar surface area (TPSA) is 153 Å². The molecule has 0 amide bonds. The molecular formula is C21H16N2O8S. The van der Waals surface area contributed by atoms with Crippen LogP contribution in [0.25, 0.3) is 0 Å². The first-order chi connectivity index (χ1) is 15.2. The van der Waals surface area contributed by atoms with Crippen molar-refractivity contribution in [1.29, 1.82) is 0 Å². The van der Waals surface area contributed by atoms with Crippen LogP contribution < -0.4 is 4.72 Å². The van der Waals surface area contributed by atoms with E-state index in [0.29, 0.717) is 5.56 Å². The van der Waals surface area contributed by atoms with Gasteiger partial charge >= 0.3 is 5.97 Å². The molecule has 3 aromatic rings. The maximum atomic E-state index is 12.6. The number of ketones is 1. The van der Waals surface area contributed by atoms with Gasteiger partial charge in [-0.3, -0.25) is 19.6 Å². The molecule has 0 spiro atoms. The number of nitro groups is 1. The molecule has 0 saturated heterocycles. The lowest BCUT2D eigenvalue weighted by Gasteiger charge is -2.11. The van der Waals surface area contributed by atoms with Crippen molar-refractivity contribution in [3.8, 4) is 5.75 Å². The summed E-state index contributed by atoms with van der Waals surface area (Å²) in [4.78, 5) is 34.2. The SMILES string of the molecule is O=C(COC(=O)c1cc(NS(=O)(=O)c2cccc([N+](=O)[O-])c2)ccc1O)c1ccccc1. The molecule has 0 fully saturated rings. The van der Waals surface area contributed by atoms with E-state index in [4.69, 9.17) is 4.74 Å². The normalized spacial score (nSPS) is 10.9. The first kappa shape index (κ1) is 22.4. The lowest BCUT2D eigenvalue weighted by Crippen LogP contribution is -2.16. The molecule has 0 aliphatic rings. The third kappa shape index (κ3) is 5.26. The lowest BCUT2D eigenvalue weighted by atomic mass is 10.1. The Bertz CT molecular complexity index is 1290. The number of aromatic hydroxyl groups is 1. The molecule has 164 valence electrons. The number of hydrogen-bond donors (Lipinski definition) is 2. The molecule has 0 unspecified atom stereocenters. The van der Waals surface area contributed by atoms with E-state index in [-0.39, 0.29) is 16.1 Å². The Morgan fingerprint density at radius 3 is 2.41 bits per heavy atom. The number of phenolic OH excluding ortho intramolecular Hbond substituents is 1. The van der Waals surface area contributed by atoms with E-state index in [1.54, 1.807) is 30.3 Å². The number of ether oxygens (including phenoxy) is 1. The van der Waals surface area contributed by atoms with E-state index in [1.807, 2.05) is 0 Å². The molecule has 3 aromatic carbocycles. The molecule has 0 heterocycles. The first-order valence-electron chi connectivity index (χ1n) is 9.03. The smallest absolute Gasteiger partial charge is 0.342 e. The van der Waals surface area contributed by atoms with Gasteiger partial charge in [0, 0.05) is 23.4 Å². The van der Waals surface area contributed by atoms with Crippen molar-refractivity contribution in [2.24, 2.45) is 0 Å². The van der Waals surface area contributed by atoms with Crippen LogP contribution in [-0.4, -0.2) is 36.8 Å². The summed E-state index contributed by atoms with van der Waals surface area (Å²) in [5.41, 5.74) is -0.547. The van der Waals surface area contributed by atoms with Crippen LogP contribution in [0.3, 0.4) is 0 Å². The molecule has 0 saturated carbocycles. The minimum Gasteiger partial charge on any atom is -0.507 e. The third-order valence-electron chi connectivity index (χ3n) is 4.24. The Balaban J connectivity index is 1.76. The number of hydrogen-bond acceptors (Lipinski definition) is 8. The van der Waals surface area contributed by atoms with Gasteiger partial charge in [0.05, 0.1) is 9.82 Å². The van der Waals surface area contributed by atoms with Crippen molar-refractivity contribution in [2.45, 2.75) is 4.90 Å². The van der Waals surface area contributed by atoms with Crippen molar-refractivity contribution in [1.82, 2.24) is 0 Å². The van der Waals surface area contributed by atoms with E-state index in [1.165, 1.54) is 18.2 Å². The van der Waals surface area contributed by atoms with Crippen LogP contribution in [0.15, 0.2) is 77.7 Å². The summed E-state index contributed by atoms with van der Waals surface area (Å²) >= 11 is 0. The Morgan fingerprint density at radius 1 is 1.00 bits per heavy atom. The van der Waals surface area contributed by atoms with Crippen LogP contribution in [0.1, 0.15) is 20.7 Å². The summed E-state index contributed by atoms with van der Waals surface area (Å²) in [6, 6.07) is 15.8. The highest BCUT2D eigenvalue weighted by Crippen LogP contribution is 2.25. The minimum absolute atomic E-state index is 0.101. The van der Waals surface area contributed by atoms with Crippen molar-refractivity contribution in [3.05, 3.63) is 94.0 Å². The van der Waals surface area contributed by atoms with E-state index in [2.05, 4.69) is 4.72 Å². The molecule has 0 aromatic heterocycles. The maximum absolute atomic E-state index is 12.6. The molecule has 32 heavy (non-hydrogen) atoms. The number of phenols is 1. The third-order valence-corrected chi connectivity index (χ3v) is 5.62. The number of nitrogens with one attached hydrogen (secondary N) is 1. The second-order valence-corrected chi connectivity index (χ2v) is 8.14. The fourth-order valence-electron chi connectivity index (χ4n) is 2.66. The summed E-state index contributed by atoms with van der Waals surface area (Å²) in [7, 11) is -4.23. The molecule has 0 aliphatic heterocycles. The minimum atomic E-state index is -4.23. The fraction of sp³-hybridized carbons (Fsp3) is 0.0476. The number of benzene rings is 3. The van der Waals surface area contributed by atoms with Gasteiger partial charge in [-0.1, -0.05) is 36.4 Å². The molecule has 3 rings (SSSR count). The van der Waals surface area contributed by atoms with Crippen LogP contribution in [0.5, 0.6) is 5.75 Å². The van der Waals surface area contributed by atoms with Crippen molar-refractivity contribution in [2.75, 3.05) is 11.3 Å². The predicted molar refractivity (Wildman–Crippen MR) is 113 cm³/mol. The summed E-state index contributed by atoms with van der Waals surface area (Å²) in [6.45, 7) is -0.577. The van der Waals surface area contributed by atoms with Gasteiger partial charge in [-0.15, -0.1) is 0 Å². The average Bonchev–Trinajstić information content (AvgIpc) is 2.79. The maximum Gasteiger partial charge on any atom is 0.342 e. The number of anilines is 1. The lowest BCUT2D eigenvalue weighted by molar-refractivity contribution is -0.385. The quantitative estimate of drug-likeness (QED) is 0.172. The zero-order valence-electron chi connectivity index (χ0n) is 16.3. The van der Waals surface area contributed by atoms with E-state index >= 15 is 0 Å². The number of sulfonamides is 1. The molecular weight excluding hydrogens is 440 g/mol. The highest BCUT2D eigenvalue weighted by Gasteiger charge is 2.20. The van der Waals surface area contributed by atoms with Gasteiger partial charge in [-0.05, 0) is 24.3 Å². The van der Waals surface area contributed by atoms with E-state index in [0.717, 1.165) is 24.3 Å². The standard InChI is InChI=1S/C21H16N2O8S/c24-19-10-9-15(22-32(29,30)17-8-4-7-16(12-17)23(27)28)11-18(19)21(26)31-13-20(25)14-5-2-1-3-6-14/h1-12,22,24H,13H2. The highest BCUT2D eigenvalue weighted by molar-refractivity contribution is 7.92. The molecule has 10 nitrogen and oxygen atoms in total. The largest absolute Gasteiger partial charge is 0.507 e. The molecule has 2 N–H and O–H groups in total. The second-order valence-electron chi connectivity index (χ2n) is 6.46. The number of Topliss-reactive ketones (excluding diaryl/α,β-unsaturated/α-hetero) is 1. The average molecular weight is 456 g/mol. The second kappa shape index (κ2) is 9.27. The number of rotatable bonds is 8. The number of esters is 1. The van der Waals surface area contributed by atoms with Crippen LogP contribution in [0, 0.1) is 10.1 Å². The van der Waals surface area contributed by atoms with Gasteiger partial charge in [0.2, 0.25) is 0 Å². The Morgan fingerprint density at radius 2 is 1.72 bits per heavy atom. The van der Waals surface area contributed by atoms with Crippen molar-refractivity contribution < 1.29 is 32.8 Å². The molecule has 0 radical (unpaired) electrons. The van der Waals surface area contributed by atoms with Gasteiger partial charge in [0.15, 0.2) is 12.4 Å². The fourth-order valence-corrected chi connectivity index (χ4v) is 3.75. The van der Waals surface area contributed by atoms with Crippen LogP contribution >= 0.6 is 0 Å². The van der Waals surface area contributed by atoms with Crippen molar-refractivity contribution in [3.63, 3.8) is 0 Å².